The van der Waals surface area contributed by atoms with E-state index >= 15 is 0 Å². The summed E-state index contributed by atoms with van der Waals surface area (Å²) in [7, 11) is 1.40. The van der Waals surface area contributed by atoms with Crippen LogP contribution in [0.25, 0.3) is 5.76 Å². The van der Waals surface area contributed by atoms with Crippen LogP contribution in [0.2, 0.25) is 10.0 Å². The number of benzene rings is 2. The first-order valence-corrected chi connectivity index (χ1v) is 12.0. The number of ketones is 1. The number of esters is 1. The number of hydrogen-bond donors (Lipinski definition) is 1. The van der Waals surface area contributed by atoms with Crippen molar-refractivity contribution in [1.82, 2.24) is 9.88 Å². The van der Waals surface area contributed by atoms with Crippen molar-refractivity contribution in [2.45, 2.75) is 19.5 Å². The van der Waals surface area contributed by atoms with E-state index in [0.29, 0.717) is 16.7 Å². The Bertz CT molecular complexity index is 1370. The molecular formula is C27H22Cl2N2O6. The number of amides is 1. The van der Waals surface area contributed by atoms with Gasteiger partial charge in [-0.15, -0.1) is 0 Å². The van der Waals surface area contributed by atoms with Gasteiger partial charge in [0, 0.05) is 24.5 Å². The SMILES string of the molecule is CCOC(=O)c1ccc(CN2C(=O)C(=O)/C(=C(/O)c3cc(Cl)c(OC)c(Cl)c3)C2c2ccncc2)cc1. The highest BCUT2D eigenvalue weighted by atomic mass is 35.5. The molecule has 1 aromatic heterocycles. The molecule has 0 saturated carbocycles. The number of carbonyl (C=O) groups excluding carboxylic acids is 3. The molecule has 2 aromatic carbocycles. The molecule has 1 aliphatic heterocycles. The number of aromatic nitrogens is 1. The summed E-state index contributed by atoms with van der Waals surface area (Å²) in [5.41, 5.74) is 1.66. The Morgan fingerprint density at radius 3 is 2.22 bits per heavy atom. The quantitative estimate of drug-likeness (QED) is 0.190. The highest BCUT2D eigenvalue weighted by Gasteiger charge is 2.46. The van der Waals surface area contributed by atoms with Crippen molar-refractivity contribution in [3.8, 4) is 5.75 Å². The first-order valence-electron chi connectivity index (χ1n) is 11.2. The summed E-state index contributed by atoms with van der Waals surface area (Å²) in [6.07, 6.45) is 3.06. The van der Waals surface area contributed by atoms with Crippen LogP contribution in [0.15, 0.2) is 66.5 Å². The topological polar surface area (TPSA) is 106 Å². The van der Waals surface area contributed by atoms with E-state index in [2.05, 4.69) is 4.98 Å². The molecule has 1 amide bonds. The number of nitrogens with zero attached hydrogens (tertiary/aromatic N) is 2. The second-order valence-electron chi connectivity index (χ2n) is 8.10. The molecule has 1 aliphatic rings. The van der Waals surface area contributed by atoms with Crippen molar-refractivity contribution < 1.29 is 29.0 Å². The van der Waals surface area contributed by atoms with Crippen LogP contribution in [-0.2, 0) is 20.9 Å². The van der Waals surface area contributed by atoms with Crippen molar-refractivity contribution in [3.63, 3.8) is 0 Å². The van der Waals surface area contributed by atoms with E-state index in [4.69, 9.17) is 32.7 Å². The molecule has 10 heteroatoms. The number of rotatable bonds is 7. The van der Waals surface area contributed by atoms with Crippen molar-refractivity contribution in [2.75, 3.05) is 13.7 Å². The average molecular weight is 541 g/mol. The molecular weight excluding hydrogens is 519 g/mol. The zero-order valence-electron chi connectivity index (χ0n) is 19.9. The number of methoxy groups -OCH3 is 1. The molecule has 1 fully saturated rings. The summed E-state index contributed by atoms with van der Waals surface area (Å²) in [6.45, 7) is 2.01. The number of aliphatic hydroxyl groups excluding tert-OH is 1. The fourth-order valence-electron chi connectivity index (χ4n) is 4.14. The van der Waals surface area contributed by atoms with Crippen LogP contribution < -0.4 is 4.74 Å². The number of carbonyl (C=O) groups is 3. The van der Waals surface area contributed by atoms with E-state index in [9.17, 15) is 19.5 Å². The van der Waals surface area contributed by atoms with E-state index in [1.165, 1.54) is 36.5 Å². The molecule has 1 N–H and O–H groups in total. The second-order valence-corrected chi connectivity index (χ2v) is 8.91. The normalized spacial score (nSPS) is 16.6. The lowest BCUT2D eigenvalue weighted by molar-refractivity contribution is -0.140. The number of ether oxygens (including phenoxy) is 2. The van der Waals surface area contributed by atoms with Crippen LogP contribution >= 0.6 is 23.2 Å². The molecule has 0 aliphatic carbocycles. The minimum Gasteiger partial charge on any atom is -0.507 e. The molecule has 190 valence electrons. The van der Waals surface area contributed by atoms with E-state index in [1.54, 1.807) is 43.3 Å². The Balaban J connectivity index is 1.78. The van der Waals surface area contributed by atoms with Crippen LogP contribution in [0.4, 0.5) is 0 Å². The van der Waals surface area contributed by atoms with Gasteiger partial charge in [0.05, 0.1) is 40.9 Å². The summed E-state index contributed by atoms with van der Waals surface area (Å²) < 4.78 is 10.2. The fourth-order valence-corrected chi connectivity index (χ4v) is 4.78. The third-order valence-corrected chi connectivity index (χ3v) is 6.42. The molecule has 1 atom stereocenters. The average Bonchev–Trinajstić information content (AvgIpc) is 3.14. The summed E-state index contributed by atoms with van der Waals surface area (Å²) in [4.78, 5) is 43.8. The van der Waals surface area contributed by atoms with E-state index in [-0.39, 0.29) is 40.1 Å². The second kappa shape index (κ2) is 11.0. The molecule has 0 spiro atoms. The van der Waals surface area contributed by atoms with Gasteiger partial charge in [-0.2, -0.15) is 0 Å². The molecule has 4 rings (SSSR count). The van der Waals surface area contributed by atoms with Crippen LogP contribution in [0.5, 0.6) is 5.75 Å². The summed E-state index contributed by atoms with van der Waals surface area (Å²) in [5, 5.41) is 11.5. The van der Waals surface area contributed by atoms with E-state index < -0.39 is 29.5 Å². The van der Waals surface area contributed by atoms with Crippen molar-refractivity contribution in [1.29, 1.82) is 0 Å². The van der Waals surface area contributed by atoms with Gasteiger partial charge in [0.25, 0.3) is 11.7 Å². The third-order valence-electron chi connectivity index (χ3n) is 5.86. The number of likely N-dealkylation sites (tertiary alicyclic amines) is 1. The van der Waals surface area contributed by atoms with Gasteiger partial charge in [-0.1, -0.05) is 35.3 Å². The Morgan fingerprint density at radius 1 is 1.03 bits per heavy atom. The maximum Gasteiger partial charge on any atom is 0.338 e. The summed E-state index contributed by atoms with van der Waals surface area (Å²) >= 11 is 12.5. The Kier molecular flexibility index (Phi) is 7.80. The number of Topliss-reactive ketones (excluding diaryl/α,β-unsaturated/α-hetero) is 1. The predicted molar refractivity (Wildman–Crippen MR) is 137 cm³/mol. The smallest absolute Gasteiger partial charge is 0.338 e. The zero-order valence-corrected chi connectivity index (χ0v) is 21.4. The Labute approximate surface area is 223 Å². The van der Waals surface area contributed by atoms with Gasteiger partial charge in [-0.3, -0.25) is 14.6 Å². The molecule has 0 radical (unpaired) electrons. The number of aliphatic hydroxyl groups is 1. The Hall–Kier alpha value is -3.88. The van der Waals surface area contributed by atoms with Crippen molar-refractivity contribution >= 4 is 46.6 Å². The lowest BCUT2D eigenvalue weighted by atomic mass is 9.95. The van der Waals surface area contributed by atoms with Crippen molar-refractivity contribution in [3.05, 3.63) is 98.8 Å². The third kappa shape index (κ3) is 5.16. The van der Waals surface area contributed by atoms with E-state index in [0.717, 1.165) is 0 Å². The van der Waals surface area contributed by atoms with Crippen LogP contribution in [-0.4, -0.2) is 46.4 Å². The largest absolute Gasteiger partial charge is 0.507 e. The van der Waals surface area contributed by atoms with Gasteiger partial charge >= 0.3 is 5.97 Å². The van der Waals surface area contributed by atoms with Gasteiger partial charge in [-0.05, 0) is 54.4 Å². The molecule has 3 aromatic rings. The van der Waals surface area contributed by atoms with Gasteiger partial charge in [0.1, 0.15) is 5.76 Å². The minimum atomic E-state index is -0.910. The zero-order chi connectivity index (χ0) is 26.7. The van der Waals surface area contributed by atoms with Gasteiger partial charge in [-0.25, -0.2) is 4.79 Å². The first-order chi connectivity index (χ1) is 17.8. The number of halogens is 2. The molecule has 0 bridgehead atoms. The highest BCUT2D eigenvalue weighted by molar-refractivity contribution is 6.46. The number of hydrogen-bond acceptors (Lipinski definition) is 7. The Morgan fingerprint density at radius 2 is 1.65 bits per heavy atom. The summed E-state index contributed by atoms with van der Waals surface area (Å²) in [5.74, 6) is -2.30. The van der Waals surface area contributed by atoms with E-state index in [1.807, 2.05) is 0 Å². The van der Waals surface area contributed by atoms with Crippen molar-refractivity contribution in [2.24, 2.45) is 0 Å². The lowest BCUT2D eigenvalue weighted by Crippen LogP contribution is -2.29. The molecule has 1 saturated heterocycles. The lowest BCUT2D eigenvalue weighted by Gasteiger charge is -2.25. The molecule has 2 heterocycles. The monoisotopic (exact) mass is 540 g/mol. The molecule has 1 unspecified atom stereocenters. The van der Waals surface area contributed by atoms with Crippen LogP contribution in [0, 0.1) is 0 Å². The van der Waals surface area contributed by atoms with Gasteiger partial charge < -0.3 is 19.5 Å². The molecule has 8 nitrogen and oxygen atoms in total. The maximum absolute atomic E-state index is 13.2. The van der Waals surface area contributed by atoms with Gasteiger partial charge in [0.15, 0.2) is 5.75 Å². The minimum absolute atomic E-state index is 0.0432. The number of pyridine rings is 1. The van der Waals surface area contributed by atoms with Crippen LogP contribution in [0.1, 0.15) is 40.0 Å². The highest BCUT2D eigenvalue weighted by Crippen LogP contribution is 2.42. The maximum atomic E-state index is 13.2. The van der Waals surface area contributed by atoms with Crippen LogP contribution in [0.3, 0.4) is 0 Å². The predicted octanol–water partition coefficient (Wildman–Crippen LogP) is 5.20. The van der Waals surface area contributed by atoms with Gasteiger partial charge in [0.2, 0.25) is 0 Å². The standard InChI is InChI=1S/C27H22Cl2N2O6/c1-3-37-27(35)17-6-4-15(5-7-17)14-31-22(16-8-10-30-11-9-16)21(24(33)26(31)34)23(32)18-12-19(28)25(36-2)20(29)13-18/h4-13,22,32H,3,14H2,1-2H3/b23-21+. The fraction of sp³-hybridized carbons (Fsp3) is 0.185. The summed E-state index contributed by atoms with van der Waals surface area (Å²) in [6, 6.07) is 11.8. The molecule has 37 heavy (non-hydrogen) atoms. The first kappa shape index (κ1) is 26.2.